The summed E-state index contributed by atoms with van der Waals surface area (Å²) >= 11 is 5.96. The topological polar surface area (TPSA) is 59.1 Å². The van der Waals surface area contributed by atoms with Gasteiger partial charge in [0.1, 0.15) is 0 Å². The summed E-state index contributed by atoms with van der Waals surface area (Å²) in [4.78, 5) is 4.28. The van der Waals surface area contributed by atoms with E-state index in [1.807, 2.05) is 25.1 Å². The molecule has 0 aliphatic rings. The normalized spacial score (nSPS) is 11.3. The zero-order valence-electron chi connectivity index (χ0n) is 13.8. The van der Waals surface area contributed by atoms with Gasteiger partial charge in [0.05, 0.1) is 4.90 Å². The number of pyridine rings is 1. The molecule has 1 aromatic heterocycles. The Morgan fingerprint density at radius 3 is 2.36 bits per heavy atom. The number of nitrogens with one attached hydrogen (secondary N) is 1. The molecule has 3 rings (SSSR count). The van der Waals surface area contributed by atoms with E-state index in [4.69, 9.17) is 11.6 Å². The quantitative estimate of drug-likeness (QED) is 0.714. The van der Waals surface area contributed by atoms with Crippen molar-refractivity contribution in [3.8, 4) is 11.1 Å². The van der Waals surface area contributed by atoms with Crippen molar-refractivity contribution in [2.24, 2.45) is 0 Å². The molecule has 3 aromatic rings. The average molecular weight is 373 g/mol. The maximum absolute atomic E-state index is 12.5. The van der Waals surface area contributed by atoms with Gasteiger partial charge in [-0.2, -0.15) is 0 Å². The third-order valence-corrected chi connectivity index (χ3v) is 5.39. The average Bonchev–Trinajstić information content (AvgIpc) is 2.55. The van der Waals surface area contributed by atoms with E-state index >= 15 is 0 Å². The third kappa shape index (κ3) is 4.00. The zero-order valence-corrected chi connectivity index (χ0v) is 15.4. The minimum Gasteiger partial charge on any atom is -0.280 e. The van der Waals surface area contributed by atoms with Gasteiger partial charge in [-0.25, -0.2) is 8.42 Å². The van der Waals surface area contributed by atoms with Gasteiger partial charge in [0.25, 0.3) is 10.0 Å². The van der Waals surface area contributed by atoms with Crippen molar-refractivity contribution < 1.29 is 8.42 Å². The molecule has 128 valence electrons. The van der Waals surface area contributed by atoms with Crippen LogP contribution in [0, 0.1) is 13.8 Å². The molecule has 0 aliphatic heterocycles. The van der Waals surface area contributed by atoms with Crippen LogP contribution in [0.5, 0.6) is 0 Å². The summed E-state index contributed by atoms with van der Waals surface area (Å²) in [7, 11) is -3.69. The number of anilines is 1. The predicted molar refractivity (Wildman–Crippen MR) is 101 cm³/mol. The lowest BCUT2D eigenvalue weighted by molar-refractivity contribution is 0.601. The van der Waals surface area contributed by atoms with Gasteiger partial charge in [0.15, 0.2) is 0 Å². The fraction of sp³-hybridized carbons (Fsp3) is 0.105. The molecule has 0 saturated heterocycles. The van der Waals surface area contributed by atoms with Crippen LogP contribution in [0.2, 0.25) is 5.02 Å². The minimum atomic E-state index is -3.69. The van der Waals surface area contributed by atoms with Gasteiger partial charge in [-0.05, 0) is 66.9 Å². The molecular formula is C19H17ClN2O2S. The summed E-state index contributed by atoms with van der Waals surface area (Å²) in [6, 6.07) is 13.9. The fourth-order valence-corrected chi connectivity index (χ4v) is 4.10. The number of hydrogen-bond donors (Lipinski definition) is 1. The lowest BCUT2D eigenvalue weighted by Gasteiger charge is -2.11. The highest BCUT2D eigenvalue weighted by molar-refractivity contribution is 7.92. The molecule has 0 aliphatic carbocycles. The summed E-state index contributed by atoms with van der Waals surface area (Å²) in [6.45, 7) is 3.81. The molecule has 25 heavy (non-hydrogen) atoms. The number of rotatable bonds is 4. The first-order valence-corrected chi connectivity index (χ1v) is 9.52. The first kappa shape index (κ1) is 17.5. The number of halogens is 1. The van der Waals surface area contributed by atoms with Crippen molar-refractivity contribution in [1.82, 2.24) is 4.98 Å². The number of hydrogen-bond acceptors (Lipinski definition) is 3. The Kier molecular flexibility index (Phi) is 4.79. The van der Waals surface area contributed by atoms with Gasteiger partial charge in [-0.3, -0.25) is 9.71 Å². The van der Waals surface area contributed by atoms with Gasteiger partial charge in [0.2, 0.25) is 0 Å². The first-order chi connectivity index (χ1) is 11.8. The van der Waals surface area contributed by atoms with E-state index in [9.17, 15) is 8.42 Å². The van der Waals surface area contributed by atoms with Crippen LogP contribution in [0.25, 0.3) is 11.1 Å². The van der Waals surface area contributed by atoms with E-state index in [1.54, 1.807) is 43.6 Å². The molecule has 0 amide bonds. The van der Waals surface area contributed by atoms with Crippen LogP contribution >= 0.6 is 11.6 Å². The monoisotopic (exact) mass is 372 g/mol. The molecule has 0 bridgehead atoms. The van der Waals surface area contributed by atoms with Crippen molar-refractivity contribution in [2.45, 2.75) is 18.7 Å². The van der Waals surface area contributed by atoms with Gasteiger partial charge in [-0.1, -0.05) is 23.7 Å². The number of nitrogens with zero attached hydrogens (tertiary/aromatic N) is 1. The van der Waals surface area contributed by atoms with Gasteiger partial charge >= 0.3 is 0 Å². The Hall–Kier alpha value is -2.37. The van der Waals surface area contributed by atoms with Crippen LogP contribution in [0.1, 0.15) is 11.1 Å². The number of benzene rings is 2. The Balaban J connectivity index is 1.87. The van der Waals surface area contributed by atoms with Crippen LogP contribution in [-0.2, 0) is 10.0 Å². The molecule has 0 unspecified atom stereocenters. The number of aryl methyl sites for hydroxylation is 2. The Labute approximate surface area is 152 Å². The predicted octanol–water partition coefficient (Wildman–Crippen LogP) is 4.82. The molecule has 0 fully saturated rings. The highest BCUT2D eigenvalue weighted by Crippen LogP contribution is 2.25. The summed E-state index contributed by atoms with van der Waals surface area (Å²) in [6.07, 6.45) is 3.54. The highest BCUT2D eigenvalue weighted by Gasteiger charge is 2.15. The molecule has 2 aromatic carbocycles. The molecule has 0 spiro atoms. The zero-order chi connectivity index (χ0) is 18.0. The van der Waals surface area contributed by atoms with Gasteiger partial charge in [0, 0.05) is 28.7 Å². The Morgan fingerprint density at radius 1 is 1.00 bits per heavy atom. The van der Waals surface area contributed by atoms with Gasteiger partial charge < -0.3 is 0 Å². The molecule has 6 heteroatoms. The summed E-state index contributed by atoms with van der Waals surface area (Å²) < 4.78 is 27.7. The van der Waals surface area contributed by atoms with Crippen molar-refractivity contribution in [2.75, 3.05) is 4.72 Å². The van der Waals surface area contributed by atoms with E-state index in [0.29, 0.717) is 10.7 Å². The molecule has 0 radical (unpaired) electrons. The second-order valence-corrected chi connectivity index (χ2v) is 7.96. The largest absolute Gasteiger partial charge is 0.280 e. The minimum absolute atomic E-state index is 0.143. The van der Waals surface area contributed by atoms with Crippen molar-refractivity contribution in [3.63, 3.8) is 0 Å². The smallest absolute Gasteiger partial charge is 0.261 e. The van der Waals surface area contributed by atoms with Crippen molar-refractivity contribution >= 4 is 27.3 Å². The van der Waals surface area contributed by atoms with E-state index in [1.165, 1.54) is 6.07 Å². The van der Waals surface area contributed by atoms with E-state index < -0.39 is 10.0 Å². The fourth-order valence-electron chi connectivity index (χ4n) is 2.56. The second-order valence-electron chi connectivity index (χ2n) is 5.84. The summed E-state index contributed by atoms with van der Waals surface area (Å²) in [5.74, 6) is 0. The molecule has 4 nitrogen and oxygen atoms in total. The van der Waals surface area contributed by atoms with Crippen LogP contribution < -0.4 is 4.72 Å². The summed E-state index contributed by atoms with van der Waals surface area (Å²) in [5.41, 5.74) is 4.38. The van der Waals surface area contributed by atoms with Crippen LogP contribution in [0.3, 0.4) is 0 Å². The third-order valence-electron chi connectivity index (χ3n) is 3.81. The molecule has 0 atom stereocenters. The standard InChI is InChI=1S/C19H17ClN2O2S/c1-13-9-16(20)11-18(10-13)25(23,24)22-17-5-3-15(4-6-17)19-12-21-8-7-14(19)2/h3-12,22H,1-2H3. The SMILES string of the molecule is Cc1cc(Cl)cc(S(=O)(=O)Nc2ccc(-c3cnccc3C)cc2)c1. The lowest BCUT2D eigenvalue weighted by atomic mass is 10.0. The lowest BCUT2D eigenvalue weighted by Crippen LogP contribution is -2.13. The molecule has 1 heterocycles. The second kappa shape index (κ2) is 6.86. The van der Waals surface area contributed by atoms with Crippen LogP contribution in [-0.4, -0.2) is 13.4 Å². The first-order valence-electron chi connectivity index (χ1n) is 7.66. The maximum atomic E-state index is 12.5. The van der Waals surface area contributed by atoms with E-state index in [-0.39, 0.29) is 4.90 Å². The van der Waals surface area contributed by atoms with Gasteiger partial charge in [-0.15, -0.1) is 0 Å². The number of sulfonamides is 1. The van der Waals surface area contributed by atoms with Crippen LogP contribution in [0.4, 0.5) is 5.69 Å². The number of aromatic nitrogens is 1. The maximum Gasteiger partial charge on any atom is 0.261 e. The molecule has 0 saturated carbocycles. The molecule has 1 N–H and O–H groups in total. The van der Waals surface area contributed by atoms with E-state index in [2.05, 4.69) is 9.71 Å². The van der Waals surface area contributed by atoms with Crippen molar-refractivity contribution in [3.05, 3.63) is 77.1 Å². The summed E-state index contributed by atoms with van der Waals surface area (Å²) in [5, 5.41) is 0.391. The molecular weight excluding hydrogens is 356 g/mol. The highest BCUT2D eigenvalue weighted by atomic mass is 35.5. The van der Waals surface area contributed by atoms with Crippen molar-refractivity contribution in [1.29, 1.82) is 0 Å². The van der Waals surface area contributed by atoms with E-state index in [0.717, 1.165) is 22.3 Å². The Bertz CT molecular complexity index is 996. The Morgan fingerprint density at radius 2 is 1.72 bits per heavy atom. The van der Waals surface area contributed by atoms with Crippen LogP contribution in [0.15, 0.2) is 65.8 Å².